The molecule has 0 radical (unpaired) electrons. The molecule has 0 saturated carbocycles. The van der Waals surface area contributed by atoms with E-state index >= 15 is 0 Å². The molecule has 4 rings (SSSR count). The first-order valence-corrected chi connectivity index (χ1v) is 11.6. The number of nitrogens with zero attached hydrogens (tertiary/aromatic N) is 4. The zero-order valence-corrected chi connectivity index (χ0v) is 19.8. The van der Waals surface area contributed by atoms with E-state index in [-0.39, 0.29) is 6.10 Å². The summed E-state index contributed by atoms with van der Waals surface area (Å²) in [7, 11) is 1.99. The van der Waals surface area contributed by atoms with Crippen molar-refractivity contribution in [2.45, 2.75) is 45.8 Å². The van der Waals surface area contributed by atoms with Crippen LogP contribution in [0, 0.1) is 11.3 Å². The van der Waals surface area contributed by atoms with Crippen LogP contribution in [0.4, 0.5) is 0 Å². The van der Waals surface area contributed by atoms with Gasteiger partial charge in [0.1, 0.15) is 11.8 Å². The van der Waals surface area contributed by atoms with Gasteiger partial charge in [0, 0.05) is 30.3 Å². The van der Waals surface area contributed by atoms with Crippen molar-refractivity contribution in [3.8, 4) is 34.7 Å². The fourth-order valence-corrected chi connectivity index (χ4v) is 4.57. The van der Waals surface area contributed by atoms with Crippen LogP contribution in [0.2, 0.25) is 0 Å². The lowest BCUT2D eigenvalue weighted by Crippen LogP contribution is -2.33. The van der Waals surface area contributed by atoms with Gasteiger partial charge in [-0.3, -0.25) is 4.90 Å². The molecule has 1 aliphatic rings. The van der Waals surface area contributed by atoms with Gasteiger partial charge in [-0.2, -0.15) is 10.2 Å². The zero-order chi connectivity index (χ0) is 23.4. The van der Waals surface area contributed by atoms with E-state index in [2.05, 4.69) is 51.5 Å². The smallest absolute Gasteiger partial charge is 0.258 e. The van der Waals surface area contributed by atoms with Gasteiger partial charge in [-0.15, -0.1) is 0 Å². The van der Waals surface area contributed by atoms with Crippen molar-refractivity contribution in [1.82, 2.24) is 20.4 Å². The topological polar surface area (TPSA) is 87.2 Å². The van der Waals surface area contributed by atoms with Crippen LogP contribution in [0.3, 0.4) is 0 Å². The van der Waals surface area contributed by atoms with E-state index in [4.69, 9.17) is 9.26 Å². The molecule has 3 aromatic rings. The fourth-order valence-electron chi connectivity index (χ4n) is 4.57. The van der Waals surface area contributed by atoms with Gasteiger partial charge in [-0.25, -0.2) is 0 Å². The summed E-state index contributed by atoms with van der Waals surface area (Å²) in [5.41, 5.74) is 4.84. The normalized spacial score (nSPS) is 15.1. The number of likely N-dealkylation sites (N-methyl/N-ethyl adjacent to an activating group) is 2. The molecule has 1 atom stereocenters. The summed E-state index contributed by atoms with van der Waals surface area (Å²) in [4.78, 5) is 7.21. The van der Waals surface area contributed by atoms with E-state index in [9.17, 15) is 5.26 Å². The third-order valence-electron chi connectivity index (χ3n) is 6.11. The Bertz CT molecular complexity index is 1150. The van der Waals surface area contributed by atoms with Gasteiger partial charge in [0.05, 0.1) is 11.7 Å². The second-order valence-electron chi connectivity index (χ2n) is 8.57. The SMILES string of the molecule is CCN(CCNC)C1CCc2c(-c3noc(-c4ccc(OC(C)C)c(C#N)c4)n3)cccc21. The fraction of sp³-hybridized carbons (Fsp3) is 0.423. The first kappa shape index (κ1) is 23.0. The summed E-state index contributed by atoms with van der Waals surface area (Å²) in [5.74, 6) is 1.54. The number of hydrogen-bond donors (Lipinski definition) is 1. The second kappa shape index (κ2) is 10.2. The van der Waals surface area contributed by atoms with Gasteiger partial charge in [0.2, 0.25) is 5.82 Å². The van der Waals surface area contributed by atoms with Crippen molar-refractivity contribution >= 4 is 0 Å². The maximum atomic E-state index is 9.53. The quantitative estimate of drug-likeness (QED) is 0.515. The number of fused-ring (bicyclic) bond motifs is 1. The summed E-state index contributed by atoms with van der Waals surface area (Å²) in [5, 5.41) is 17.1. The maximum absolute atomic E-state index is 9.53. The number of nitriles is 1. The number of nitrogens with one attached hydrogen (secondary N) is 1. The predicted octanol–water partition coefficient (Wildman–Crippen LogP) is 4.59. The van der Waals surface area contributed by atoms with Crippen LogP contribution in [0.15, 0.2) is 40.9 Å². The molecule has 7 nitrogen and oxygen atoms in total. The maximum Gasteiger partial charge on any atom is 0.258 e. The van der Waals surface area contributed by atoms with Crippen LogP contribution in [-0.4, -0.2) is 47.8 Å². The van der Waals surface area contributed by atoms with Crippen LogP contribution in [0.25, 0.3) is 22.8 Å². The Kier molecular flexibility index (Phi) is 7.07. The van der Waals surface area contributed by atoms with Crippen LogP contribution in [0.1, 0.15) is 49.9 Å². The average Bonchev–Trinajstić information content (AvgIpc) is 3.47. The van der Waals surface area contributed by atoms with Crippen LogP contribution in [-0.2, 0) is 6.42 Å². The van der Waals surface area contributed by atoms with Crippen molar-refractivity contribution < 1.29 is 9.26 Å². The monoisotopic (exact) mass is 445 g/mol. The highest BCUT2D eigenvalue weighted by Crippen LogP contribution is 2.40. The largest absolute Gasteiger partial charge is 0.490 e. The zero-order valence-electron chi connectivity index (χ0n) is 19.8. The molecule has 0 saturated heterocycles. The Hall–Kier alpha value is -3.21. The van der Waals surface area contributed by atoms with Gasteiger partial charge < -0.3 is 14.6 Å². The van der Waals surface area contributed by atoms with Crippen molar-refractivity contribution in [2.24, 2.45) is 0 Å². The van der Waals surface area contributed by atoms with Crippen molar-refractivity contribution in [1.29, 1.82) is 5.26 Å². The van der Waals surface area contributed by atoms with Crippen molar-refractivity contribution in [2.75, 3.05) is 26.7 Å². The lowest BCUT2D eigenvalue weighted by molar-refractivity contribution is 0.209. The van der Waals surface area contributed by atoms with Crippen LogP contribution in [0.5, 0.6) is 5.75 Å². The summed E-state index contributed by atoms with van der Waals surface area (Å²) in [6.07, 6.45) is 2.08. The third kappa shape index (κ3) is 4.77. The van der Waals surface area contributed by atoms with Crippen molar-refractivity contribution in [3.05, 3.63) is 53.1 Å². The molecule has 1 aliphatic carbocycles. The molecule has 7 heteroatoms. The molecular formula is C26H31N5O2. The lowest BCUT2D eigenvalue weighted by atomic mass is 10.0. The second-order valence-corrected chi connectivity index (χ2v) is 8.57. The Morgan fingerprint density at radius 1 is 1.30 bits per heavy atom. The molecule has 1 heterocycles. The number of rotatable bonds is 9. The number of benzene rings is 2. The summed E-state index contributed by atoms with van der Waals surface area (Å²) in [6, 6.07) is 14.4. The number of hydrogen-bond acceptors (Lipinski definition) is 7. The van der Waals surface area contributed by atoms with Gasteiger partial charge in [-0.05, 0) is 69.6 Å². The minimum absolute atomic E-state index is 0.0103. The summed E-state index contributed by atoms with van der Waals surface area (Å²) < 4.78 is 11.3. The molecule has 1 N–H and O–H groups in total. The standard InChI is InChI=1S/C26H31N5O2/c1-5-31(14-13-28-4)23-11-10-20-21(23)7-6-8-22(20)25-29-26(33-30-25)18-9-12-24(32-17(2)3)19(15-18)16-27/h6-9,12,15,17,23,28H,5,10-11,13-14H2,1-4H3. The molecule has 0 fully saturated rings. The molecule has 1 unspecified atom stereocenters. The van der Waals surface area contributed by atoms with E-state index in [0.29, 0.717) is 34.6 Å². The molecule has 0 amide bonds. The summed E-state index contributed by atoms with van der Waals surface area (Å²) in [6.45, 7) is 9.09. The molecular weight excluding hydrogens is 414 g/mol. The van der Waals surface area contributed by atoms with E-state index in [0.717, 1.165) is 38.0 Å². The highest BCUT2D eigenvalue weighted by Gasteiger charge is 2.29. The van der Waals surface area contributed by atoms with Crippen LogP contribution < -0.4 is 10.1 Å². The summed E-state index contributed by atoms with van der Waals surface area (Å²) >= 11 is 0. The Morgan fingerprint density at radius 2 is 2.15 bits per heavy atom. The van der Waals surface area contributed by atoms with E-state index in [1.807, 2.05) is 27.0 Å². The lowest BCUT2D eigenvalue weighted by Gasteiger charge is -2.28. The van der Waals surface area contributed by atoms with Gasteiger partial charge in [0.15, 0.2) is 0 Å². The Morgan fingerprint density at radius 3 is 2.88 bits per heavy atom. The van der Waals surface area contributed by atoms with Gasteiger partial charge >= 0.3 is 0 Å². The minimum Gasteiger partial charge on any atom is -0.490 e. The van der Waals surface area contributed by atoms with E-state index < -0.39 is 0 Å². The number of aromatic nitrogens is 2. The predicted molar refractivity (Wildman–Crippen MR) is 128 cm³/mol. The van der Waals surface area contributed by atoms with Gasteiger partial charge in [-0.1, -0.05) is 30.3 Å². The van der Waals surface area contributed by atoms with Gasteiger partial charge in [0.25, 0.3) is 5.89 Å². The number of ether oxygens (including phenoxy) is 1. The average molecular weight is 446 g/mol. The van der Waals surface area contributed by atoms with Crippen LogP contribution >= 0.6 is 0 Å². The van der Waals surface area contributed by atoms with E-state index in [1.165, 1.54) is 11.1 Å². The first-order chi connectivity index (χ1) is 16.0. The molecule has 0 aliphatic heterocycles. The molecule has 2 aromatic carbocycles. The highest BCUT2D eigenvalue weighted by molar-refractivity contribution is 5.67. The molecule has 33 heavy (non-hydrogen) atoms. The third-order valence-corrected chi connectivity index (χ3v) is 6.11. The first-order valence-electron chi connectivity index (χ1n) is 11.6. The Balaban J connectivity index is 1.62. The minimum atomic E-state index is -0.0103. The van der Waals surface area contributed by atoms with Crippen molar-refractivity contribution in [3.63, 3.8) is 0 Å². The Labute approximate surface area is 195 Å². The molecule has 0 bridgehead atoms. The molecule has 0 spiro atoms. The molecule has 172 valence electrons. The highest BCUT2D eigenvalue weighted by atomic mass is 16.5. The van der Waals surface area contributed by atoms with E-state index in [1.54, 1.807) is 12.1 Å². The molecule has 1 aromatic heterocycles.